The minimum atomic E-state index is -0.891. The molecular weight excluding hydrogens is 411 g/mol. The smallest absolute Gasteiger partial charge is 0.345 e. The van der Waals surface area contributed by atoms with Gasteiger partial charge in [0.25, 0.3) is 0 Å². The Balaban J connectivity index is 1.35. The summed E-state index contributed by atoms with van der Waals surface area (Å²) in [5.41, 5.74) is 0.561. The van der Waals surface area contributed by atoms with Crippen LogP contribution in [-0.4, -0.2) is 67.0 Å². The van der Waals surface area contributed by atoms with Gasteiger partial charge in [0.1, 0.15) is 4.88 Å². The van der Waals surface area contributed by atoms with Crippen LogP contribution in [0.5, 0.6) is 0 Å². The van der Waals surface area contributed by atoms with Gasteiger partial charge in [-0.3, -0.25) is 0 Å². The highest BCUT2D eigenvalue weighted by Gasteiger charge is 2.43. The third-order valence-electron chi connectivity index (χ3n) is 6.10. The second-order valence-electron chi connectivity index (χ2n) is 7.77. The molecule has 0 saturated carbocycles. The first-order valence-corrected chi connectivity index (χ1v) is 11.0. The van der Waals surface area contributed by atoms with Crippen LogP contribution in [0.4, 0.5) is 16.2 Å². The first-order chi connectivity index (χ1) is 14.6. The molecule has 0 aliphatic carbocycles. The number of rotatable bonds is 3. The summed E-state index contributed by atoms with van der Waals surface area (Å²) in [4.78, 5) is 25.6. The number of carboxylic acid groups (broad SMARTS) is 1. The third kappa shape index (κ3) is 3.42. The predicted octanol–water partition coefficient (Wildman–Crippen LogP) is 2.28. The maximum atomic E-state index is 14.3. The molecule has 30 heavy (non-hydrogen) atoms. The number of piperidine rings is 1. The van der Waals surface area contributed by atoms with Crippen molar-refractivity contribution in [3.8, 4) is 0 Å². The highest BCUT2D eigenvalue weighted by Crippen LogP contribution is 2.45. The van der Waals surface area contributed by atoms with Crippen molar-refractivity contribution < 1.29 is 23.8 Å². The van der Waals surface area contributed by atoms with Gasteiger partial charge in [-0.25, -0.2) is 14.2 Å². The minimum Gasteiger partial charge on any atom is -0.477 e. The van der Waals surface area contributed by atoms with Crippen LogP contribution in [0.15, 0.2) is 12.3 Å². The lowest BCUT2D eigenvalue weighted by molar-refractivity contribution is -0.0758. The number of carbonyl (C=O) groups is 1. The van der Waals surface area contributed by atoms with Crippen molar-refractivity contribution in [3.05, 3.63) is 33.4 Å². The summed E-state index contributed by atoms with van der Waals surface area (Å²) in [5, 5.41) is 9.37. The number of hydrogen-bond donors (Lipinski definition) is 1. The zero-order valence-electron chi connectivity index (χ0n) is 16.5. The number of hydrogen-bond acceptors (Lipinski definition) is 8. The Morgan fingerprint density at radius 2 is 1.93 bits per heavy atom. The van der Waals surface area contributed by atoms with Crippen molar-refractivity contribution in [1.82, 2.24) is 9.97 Å². The van der Waals surface area contributed by atoms with E-state index in [-0.39, 0.29) is 0 Å². The molecule has 3 aliphatic rings. The van der Waals surface area contributed by atoms with Gasteiger partial charge >= 0.3 is 5.97 Å². The summed E-state index contributed by atoms with van der Waals surface area (Å²) in [6.07, 6.45) is 3.42. The molecule has 0 bridgehead atoms. The zero-order chi connectivity index (χ0) is 20.7. The van der Waals surface area contributed by atoms with E-state index in [9.17, 15) is 14.3 Å². The van der Waals surface area contributed by atoms with Gasteiger partial charge in [-0.2, -0.15) is 4.98 Å². The van der Waals surface area contributed by atoms with Gasteiger partial charge in [0.05, 0.1) is 31.6 Å². The highest BCUT2D eigenvalue weighted by atomic mass is 32.1. The van der Waals surface area contributed by atoms with E-state index < -0.39 is 17.4 Å². The van der Waals surface area contributed by atoms with E-state index in [0.29, 0.717) is 75.5 Å². The van der Waals surface area contributed by atoms with E-state index in [2.05, 4.69) is 14.9 Å². The number of thiophene rings is 1. The molecule has 2 aromatic heterocycles. The van der Waals surface area contributed by atoms with Gasteiger partial charge in [-0.05, 0) is 24.5 Å². The van der Waals surface area contributed by atoms with Crippen molar-refractivity contribution in [2.45, 2.75) is 24.9 Å². The van der Waals surface area contributed by atoms with Crippen molar-refractivity contribution in [1.29, 1.82) is 0 Å². The number of nitrogens with zero attached hydrogens (tertiary/aromatic N) is 4. The van der Waals surface area contributed by atoms with Crippen LogP contribution in [0.25, 0.3) is 0 Å². The Kier molecular flexibility index (Phi) is 5.08. The molecule has 0 amide bonds. The molecule has 1 N–H and O–H groups in total. The Bertz CT molecular complexity index is 954. The van der Waals surface area contributed by atoms with Gasteiger partial charge in [0.15, 0.2) is 11.6 Å². The molecule has 2 fully saturated rings. The predicted molar refractivity (Wildman–Crippen MR) is 109 cm³/mol. The van der Waals surface area contributed by atoms with Gasteiger partial charge in [0.2, 0.25) is 5.95 Å². The summed E-state index contributed by atoms with van der Waals surface area (Å²) in [6.45, 7) is 4.25. The van der Waals surface area contributed by atoms with E-state index in [0.717, 1.165) is 16.9 Å². The average Bonchev–Trinajstić information content (AvgIpc) is 3.22. The average molecular weight is 434 g/mol. The van der Waals surface area contributed by atoms with Crippen molar-refractivity contribution >= 4 is 29.1 Å². The SMILES string of the molecule is O=C(O)c1cc2c(s1)CCOC21CCN(c2ncc(F)c(N3CCOCC3)n2)CC1. The number of aromatic carboxylic acids is 1. The van der Waals surface area contributed by atoms with Crippen LogP contribution in [0, 0.1) is 5.82 Å². The molecule has 0 atom stereocenters. The summed E-state index contributed by atoms with van der Waals surface area (Å²) >= 11 is 1.35. The topological polar surface area (TPSA) is 88.0 Å². The molecule has 2 aromatic rings. The van der Waals surface area contributed by atoms with Crippen LogP contribution in [0.3, 0.4) is 0 Å². The van der Waals surface area contributed by atoms with Crippen molar-refractivity contribution in [2.24, 2.45) is 0 Å². The summed E-state index contributed by atoms with van der Waals surface area (Å²) < 4.78 is 25.9. The number of fused-ring (bicyclic) bond motifs is 2. The minimum absolute atomic E-state index is 0.323. The number of halogens is 1. The van der Waals surface area contributed by atoms with E-state index >= 15 is 0 Å². The fraction of sp³-hybridized carbons (Fsp3) is 0.550. The first-order valence-electron chi connectivity index (χ1n) is 10.2. The van der Waals surface area contributed by atoms with E-state index in [4.69, 9.17) is 9.47 Å². The molecule has 3 aliphatic heterocycles. The molecule has 5 heterocycles. The van der Waals surface area contributed by atoms with Gasteiger partial charge < -0.3 is 24.4 Å². The lowest BCUT2D eigenvalue weighted by atomic mass is 9.82. The molecule has 5 rings (SSSR count). The highest BCUT2D eigenvalue weighted by molar-refractivity contribution is 7.14. The Labute approximate surface area is 177 Å². The number of carboxylic acids is 1. The van der Waals surface area contributed by atoms with Crippen LogP contribution in [0.1, 0.15) is 33.0 Å². The number of morpholine rings is 1. The van der Waals surface area contributed by atoms with Crippen molar-refractivity contribution in [3.63, 3.8) is 0 Å². The van der Waals surface area contributed by atoms with E-state index in [1.54, 1.807) is 6.07 Å². The summed E-state index contributed by atoms with van der Waals surface area (Å²) in [5.74, 6) is -0.477. The molecule has 0 unspecified atom stereocenters. The van der Waals surface area contributed by atoms with Gasteiger partial charge in [-0.15, -0.1) is 11.3 Å². The van der Waals surface area contributed by atoms with Crippen LogP contribution >= 0.6 is 11.3 Å². The molecule has 2 saturated heterocycles. The number of ether oxygens (including phenoxy) is 2. The van der Waals surface area contributed by atoms with Gasteiger partial charge in [0, 0.05) is 37.5 Å². The van der Waals surface area contributed by atoms with Crippen LogP contribution < -0.4 is 9.80 Å². The molecule has 160 valence electrons. The Hall–Kier alpha value is -2.30. The molecule has 8 nitrogen and oxygen atoms in total. The quantitative estimate of drug-likeness (QED) is 0.787. The standard InChI is InChI=1S/C20H23FN4O4S/c21-14-12-22-19(23-17(14)24-6-9-28-10-7-24)25-4-2-20(3-5-25)13-11-16(18(26)27)30-15(13)1-8-29-20/h11-12H,1-10H2,(H,26,27). The molecule has 0 radical (unpaired) electrons. The maximum Gasteiger partial charge on any atom is 0.345 e. The fourth-order valence-corrected chi connectivity index (χ4v) is 5.57. The Morgan fingerprint density at radius 3 is 2.67 bits per heavy atom. The van der Waals surface area contributed by atoms with E-state index in [1.165, 1.54) is 17.5 Å². The van der Waals surface area contributed by atoms with Gasteiger partial charge in [-0.1, -0.05) is 0 Å². The molecule has 0 aromatic carbocycles. The summed E-state index contributed by atoms with van der Waals surface area (Å²) in [7, 11) is 0. The second kappa shape index (κ2) is 7.75. The normalized spacial score (nSPS) is 21.0. The third-order valence-corrected chi connectivity index (χ3v) is 7.28. The maximum absolute atomic E-state index is 14.3. The molecule has 1 spiro atoms. The van der Waals surface area contributed by atoms with Crippen molar-refractivity contribution in [2.75, 3.05) is 55.8 Å². The summed E-state index contributed by atoms with van der Waals surface area (Å²) in [6, 6.07) is 1.78. The molecule has 10 heteroatoms. The zero-order valence-corrected chi connectivity index (χ0v) is 17.3. The second-order valence-corrected chi connectivity index (χ2v) is 8.91. The monoisotopic (exact) mass is 434 g/mol. The fourth-order valence-electron chi connectivity index (χ4n) is 4.50. The Morgan fingerprint density at radius 1 is 1.17 bits per heavy atom. The van der Waals surface area contributed by atoms with Crippen LogP contribution in [0.2, 0.25) is 0 Å². The number of aromatic nitrogens is 2. The largest absolute Gasteiger partial charge is 0.477 e. The van der Waals surface area contributed by atoms with Crippen LogP contribution in [-0.2, 0) is 21.5 Å². The number of anilines is 2. The molecular formula is C20H23FN4O4S. The first kappa shape index (κ1) is 19.7. The van der Waals surface area contributed by atoms with E-state index in [1.807, 2.05) is 4.90 Å². The lowest BCUT2D eigenvalue weighted by Gasteiger charge is -2.44. The lowest BCUT2D eigenvalue weighted by Crippen LogP contribution is -2.47.